The highest BCUT2D eigenvalue weighted by atomic mass is 16.5. The summed E-state index contributed by atoms with van der Waals surface area (Å²) in [5, 5.41) is 10.0. The fourth-order valence-corrected chi connectivity index (χ4v) is 2.77. The number of amides is 1. The zero-order chi connectivity index (χ0) is 16.7. The first kappa shape index (κ1) is 17.9. The Labute approximate surface area is 138 Å². The third kappa shape index (κ3) is 5.94. The first-order valence-electron chi connectivity index (χ1n) is 8.42. The largest absolute Gasteiger partial charge is 0.389 e. The lowest BCUT2D eigenvalue weighted by atomic mass is 10.2. The lowest BCUT2D eigenvalue weighted by Gasteiger charge is -2.24. The molecule has 1 atom stereocenters. The van der Waals surface area contributed by atoms with E-state index in [0.29, 0.717) is 19.7 Å². The maximum Gasteiger partial charge on any atom is 0.253 e. The van der Waals surface area contributed by atoms with Gasteiger partial charge in [-0.2, -0.15) is 0 Å². The maximum atomic E-state index is 12.5. The third-order valence-electron chi connectivity index (χ3n) is 3.99. The van der Waals surface area contributed by atoms with Crippen LogP contribution in [-0.4, -0.2) is 72.4 Å². The van der Waals surface area contributed by atoms with Crippen LogP contribution in [0.2, 0.25) is 0 Å². The number of β-amino-alcohol motifs (C(OH)–C–C–N with tert-alkyl or cyclic N) is 1. The lowest BCUT2D eigenvalue weighted by molar-refractivity contribution is -0.00794. The molecule has 0 saturated carbocycles. The number of carbonyl (C=O) groups excluding carboxylic acids is 1. The Morgan fingerprint density at radius 3 is 2.61 bits per heavy atom. The number of hydrogen-bond acceptors (Lipinski definition) is 4. The van der Waals surface area contributed by atoms with E-state index in [2.05, 4.69) is 4.90 Å². The summed E-state index contributed by atoms with van der Waals surface area (Å²) in [6.45, 7) is 8.04. The van der Waals surface area contributed by atoms with E-state index in [1.54, 1.807) is 0 Å². The molecule has 1 aliphatic heterocycles. The molecule has 2 rings (SSSR count). The second kappa shape index (κ2) is 9.01. The van der Waals surface area contributed by atoms with E-state index in [9.17, 15) is 9.90 Å². The van der Waals surface area contributed by atoms with E-state index >= 15 is 0 Å². The van der Waals surface area contributed by atoms with Crippen LogP contribution in [-0.2, 0) is 4.74 Å². The van der Waals surface area contributed by atoms with Crippen molar-refractivity contribution in [2.45, 2.75) is 32.5 Å². The minimum Gasteiger partial charge on any atom is -0.389 e. The predicted molar refractivity (Wildman–Crippen MR) is 90.5 cm³/mol. The van der Waals surface area contributed by atoms with Crippen LogP contribution in [0, 0.1) is 0 Å². The molecule has 128 valence electrons. The maximum absolute atomic E-state index is 12.5. The van der Waals surface area contributed by atoms with Crippen molar-refractivity contribution in [2.24, 2.45) is 0 Å². The van der Waals surface area contributed by atoms with Crippen LogP contribution in [0.15, 0.2) is 30.3 Å². The van der Waals surface area contributed by atoms with Gasteiger partial charge in [0, 0.05) is 31.7 Å². The standard InChI is InChI=1S/C18H28N2O3/c1-15(2)23-14-17(21)13-19-9-6-10-20(12-11-19)18(22)16-7-4-3-5-8-16/h3-5,7-8,15,17,21H,6,9-14H2,1-2H3. The van der Waals surface area contributed by atoms with Crippen LogP contribution in [0.5, 0.6) is 0 Å². The van der Waals surface area contributed by atoms with E-state index < -0.39 is 6.10 Å². The molecule has 0 bridgehead atoms. The van der Waals surface area contributed by atoms with Crippen molar-refractivity contribution in [3.8, 4) is 0 Å². The van der Waals surface area contributed by atoms with E-state index in [1.807, 2.05) is 49.1 Å². The minimum absolute atomic E-state index is 0.0936. The summed E-state index contributed by atoms with van der Waals surface area (Å²) < 4.78 is 5.45. The summed E-state index contributed by atoms with van der Waals surface area (Å²) in [5.74, 6) is 0.0936. The Morgan fingerprint density at radius 1 is 1.17 bits per heavy atom. The van der Waals surface area contributed by atoms with Gasteiger partial charge in [0.1, 0.15) is 0 Å². The van der Waals surface area contributed by atoms with Gasteiger partial charge >= 0.3 is 0 Å². The first-order chi connectivity index (χ1) is 11.1. The number of carbonyl (C=O) groups is 1. The fraction of sp³-hybridized carbons (Fsp3) is 0.611. The molecule has 1 aromatic carbocycles. The molecule has 0 aliphatic carbocycles. The molecule has 1 aliphatic rings. The summed E-state index contributed by atoms with van der Waals surface area (Å²) in [7, 11) is 0. The van der Waals surface area contributed by atoms with E-state index in [1.165, 1.54) is 0 Å². The monoisotopic (exact) mass is 320 g/mol. The quantitative estimate of drug-likeness (QED) is 0.865. The molecule has 5 nitrogen and oxygen atoms in total. The second-order valence-electron chi connectivity index (χ2n) is 6.35. The fourth-order valence-electron chi connectivity index (χ4n) is 2.77. The van der Waals surface area contributed by atoms with Gasteiger partial charge in [0.15, 0.2) is 0 Å². The molecule has 5 heteroatoms. The Bertz CT molecular complexity index is 478. The van der Waals surface area contributed by atoms with Gasteiger partial charge in [0.25, 0.3) is 5.91 Å². The number of aliphatic hydroxyl groups excluding tert-OH is 1. The zero-order valence-electron chi connectivity index (χ0n) is 14.1. The van der Waals surface area contributed by atoms with Crippen LogP contribution in [0.3, 0.4) is 0 Å². The Morgan fingerprint density at radius 2 is 1.91 bits per heavy atom. The number of benzene rings is 1. The molecule has 1 aromatic rings. The highest BCUT2D eigenvalue weighted by molar-refractivity contribution is 5.94. The summed E-state index contributed by atoms with van der Waals surface area (Å²) >= 11 is 0. The first-order valence-corrected chi connectivity index (χ1v) is 8.42. The number of nitrogens with zero attached hydrogens (tertiary/aromatic N) is 2. The van der Waals surface area contributed by atoms with E-state index in [4.69, 9.17) is 4.74 Å². The summed E-state index contributed by atoms with van der Waals surface area (Å²) in [6.07, 6.45) is 0.581. The second-order valence-corrected chi connectivity index (χ2v) is 6.35. The summed E-state index contributed by atoms with van der Waals surface area (Å²) in [6, 6.07) is 9.42. The average molecular weight is 320 g/mol. The predicted octanol–water partition coefficient (Wildman–Crippen LogP) is 1.62. The van der Waals surface area contributed by atoms with Gasteiger partial charge in [-0.15, -0.1) is 0 Å². The number of hydrogen-bond donors (Lipinski definition) is 1. The molecule has 1 N–H and O–H groups in total. The molecule has 1 amide bonds. The smallest absolute Gasteiger partial charge is 0.253 e. The Kier molecular flexibility index (Phi) is 7.02. The highest BCUT2D eigenvalue weighted by Crippen LogP contribution is 2.10. The molecule has 0 spiro atoms. The lowest BCUT2D eigenvalue weighted by Crippen LogP contribution is -2.39. The van der Waals surface area contributed by atoms with Crippen LogP contribution in [0.1, 0.15) is 30.6 Å². The third-order valence-corrected chi connectivity index (χ3v) is 3.99. The van der Waals surface area contributed by atoms with Crippen molar-refractivity contribution >= 4 is 5.91 Å². The van der Waals surface area contributed by atoms with Crippen molar-refractivity contribution in [1.29, 1.82) is 0 Å². The molecule has 23 heavy (non-hydrogen) atoms. The van der Waals surface area contributed by atoms with Crippen molar-refractivity contribution in [2.75, 3.05) is 39.3 Å². The van der Waals surface area contributed by atoms with E-state index in [-0.39, 0.29) is 12.0 Å². The number of ether oxygens (including phenoxy) is 1. The van der Waals surface area contributed by atoms with Crippen LogP contribution in [0.25, 0.3) is 0 Å². The van der Waals surface area contributed by atoms with Gasteiger partial charge in [-0.1, -0.05) is 18.2 Å². The van der Waals surface area contributed by atoms with Crippen molar-refractivity contribution < 1.29 is 14.6 Å². The molecular formula is C18H28N2O3. The summed E-state index contributed by atoms with van der Waals surface area (Å²) in [5.41, 5.74) is 0.742. The normalized spacial score (nSPS) is 18.0. The van der Waals surface area contributed by atoms with Gasteiger partial charge in [-0.05, 0) is 38.9 Å². The minimum atomic E-state index is -0.478. The number of aliphatic hydroxyl groups is 1. The summed E-state index contributed by atoms with van der Waals surface area (Å²) in [4.78, 5) is 16.6. The van der Waals surface area contributed by atoms with Crippen LogP contribution < -0.4 is 0 Å². The molecule has 1 fully saturated rings. The highest BCUT2D eigenvalue weighted by Gasteiger charge is 2.21. The van der Waals surface area contributed by atoms with E-state index in [0.717, 1.165) is 31.6 Å². The van der Waals surface area contributed by atoms with Gasteiger partial charge in [0.2, 0.25) is 0 Å². The molecule has 0 aromatic heterocycles. The molecule has 0 radical (unpaired) electrons. The topological polar surface area (TPSA) is 53.0 Å². The average Bonchev–Trinajstić information content (AvgIpc) is 2.78. The van der Waals surface area contributed by atoms with Gasteiger partial charge in [-0.25, -0.2) is 0 Å². The van der Waals surface area contributed by atoms with Crippen molar-refractivity contribution in [3.05, 3.63) is 35.9 Å². The molecule has 1 saturated heterocycles. The molecular weight excluding hydrogens is 292 g/mol. The Hall–Kier alpha value is -1.43. The van der Waals surface area contributed by atoms with Crippen molar-refractivity contribution in [1.82, 2.24) is 9.80 Å². The number of rotatable bonds is 6. The molecule has 1 heterocycles. The van der Waals surface area contributed by atoms with Gasteiger partial charge < -0.3 is 14.7 Å². The molecule has 1 unspecified atom stereocenters. The van der Waals surface area contributed by atoms with Gasteiger partial charge in [0.05, 0.1) is 18.8 Å². The van der Waals surface area contributed by atoms with Crippen LogP contribution >= 0.6 is 0 Å². The van der Waals surface area contributed by atoms with Crippen molar-refractivity contribution in [3.63, 3.8) is 0 Å². The van der Waals surface area contributed by atoms with Crippen LogP contribution in [0.4, 0.5) is 0 Å². The van der Waals surface area contributed by atoms with Gasteiger partial charge in [-0.3, -0.25) is 9.69 Å². The zero-order valence-corrected chi connectivity index (χ0v) is 14.1. The Balaban J connectivity index is 1.81. The SMILES string of the molecule is CC(C)OCC(O)CN1CCCN(C(=O)c2ccccc2)CC1.